The van der Waals surface area contributed by atoms with Gasteiger partial charge in [-0.05, 0) is 6.92 Å². The number of hydrogen-bond donors (Lipinski definition) is 3. The van der Waals surface area contributed by atoms with E-state index in [0.717, 1.165) is 28.5 Å². The Morgan fingerprint density at radius 2 is 1.41 bits per heavy atom. The molecule has 1 unspecified atom stereocenters. The Hall–Kier alpha value is -1.48. The quantitative estimate of drug-likeness (QED) is 0.231. The molecule has 0 aromatic rings. The van der Waals surface area contributed by atoms with E-state index in [1.807, 2.05) is 14.1 Å². The summed E-state index contributed by atoms with van der Waals surface area (Å²) >= 11 is 0. The summed E-state index contributed by atoms with van der Waals surface area (Å²) in [7, 11) is 14.2. The number of aliphatic hydroxyl groups is 1. The summed E-state index contributed by atoms with van der Waals surface area (Å²) in [4.78, 5) is 24.0. The highest BCUT2D eigenvalue weighted by molar-refractivity contribution is 5.91. The van der Waals surface area contributed by atoms with Gasteiger partial charge in [-0.2, -0.15) is 0 Å². The lowest BCUT2D eigenvalue weighted by molar-refractivity contribution is -0.907. The Balaban J connectivity index is 4.19. The van der Waals surface area contributed by atoms with Crippen molar-refractivity contribution < 1.29 is 28.1 Å². The maximum absolute atomic E-state index is 12.5. The number of likely N-dealkylation sites (N-methyl/N-ethyl adjacent to an activating group) is 2. The molecule has 0 saturated carbocycles. The first-order chi connectivity index (χ1) is 13.1. The van der Waals surface area contributed by atoms with Crippen LogP contribution in [0.2, 0.25) is 0 Å². The third-order valence-corrected chi connectivity index (χ3v) is 4.80. The minimum Gasteiger partial charge on any atom is -0.382 e. The molecule has 8 heteroatoms. The Morgan fingerprint density at radius 1 is 0.897 bits per heavy atom. The standard InChI is InChI=1S/C21H44N5O3/c1-18(2)20(28)22-12-11-15-26(8,9)21(29)23-13-10-14-25(6,7)17-19(27)16-24(3,4)5/h19,27H,1,10-17H2,2-9H3/q+1/p+2. The van der Waals surface area contributed by atoms with Crippen LogP contribution >= 0.6 is 0 Å². The van der Waals surface area contributed by atoms with Crippen LogP contribution in [0.1, 0.15) is 19.8 Å². The van der Waals surface area contributed by atoms with Gasteiger partial charge in [-0.3, -0.25) is 4.79 Å². The minimum atomic E-state index is -0.347. The normalized spacial score (nSPS) is 13.7. The van der Waals surface area contributed by atoms with Gasteiger partial charge in [0.15, 0.2) is 6.10 Å². The maximum atomic E-state index is 12.5. The Bertz CT molecular complexity index is 553. The van der Waals surface area contributed by atoms with Crippen LogP contribution in [-0.2, 0) is 4.79 Å². The molecule has 3 amide bonds. The molecule has 170 valence electrons. The average Bonchev–Trinajstić information content (AvgIpc) is 2.52. The number of rotatable bonds is 13. The zero-order chi connectivity index (χ0) is 22.9. The van der Waals surface area contributed by atoms with Crippen molar-refractivity contribution >= 4 is 11.9 Å². The first-order valence-corrected chi connectivity index (χ1v) is 10.4. The SMILES string of the molecule is C=C(C)C(=O)NCCC[N+](C)(C)C(=O)NCCC[N+](C)(C)CC(O)C[N+](C)(C)C. The molecule has 0 rings (SSSR count). The van der Waals surface area contributed by atoms with Crippen molar-refractivity contribution in [2.24, 2.45) is 0 Å². The highest BCUT2D eigenvalue weighted by Crippen LogP contribution is 2.05. The third-order valence-electron chi connectivity index (χ3n) is 4.80. The summed E-state index contributed by atoms with van der Waals surface area (Å²) in [6.45, 7) is 9.36. The topological polar surface area (TPSA) is 78.4 Å². The molecule has 0 heterocycles. The molecule has 0 aromatic carbocycles. The Morgan fingerprint density at radius 3 is 1.93 bits per heavy atom. The molecular formula is C21H46N5O3+3. The zero-order valence-corrected chi connectivity index (χ0v) is 20.0. The Kier molecular flexibility index (Phi) is 11.0. The summed E-state index contributed by atoms with van der Waals surface area (Å²) in [5, 5.41) is 16.1. The molecule has 0 spiro atoms. The molecule has 1 atom stereocenters. The second-order valence-corrected chi connectivity index (χ2v) is 10.4. The van der Waals surface area contributed by atoms with Crippen LogP contribution in [0.25, 0.3) is 0 Å². The maximum Gasteiger partial charge on any atom is 0.416 e. The number of urea groups is 1. The number of nitrogens with one attached hydrogen (secondary N) is 2. The molecule has 0 fully saturated rings. The predicted octanol–water partition coefficient (Wildman–Crippen LogP) is 0.388. The van der Waals surface area contributed by atoms with Crippen molar-refractivity contribution in [3.05, 3.63) is 12.2 Å². The van der Waals surface area contributed by atoms with Crippen LogP contribution in [0.3, 0.4) is 0 Å². The number of aliphatic hydroxyl groups excluding tert-OH is 1. The highest BCUT2D eigenvalue weighted by atomic mass is 16.3. The van der Waals surface area contributed by atoms with Crippen LogP contribution in [-0.4, -0.2) is 125 Å². The van der Waals surface area contributed by atoms with Crippen molar-refractivity contribution in [2.45, 2.75) is 25.9 Å². The first-order valence-electron chi connectivity index (χ1n) is 10.4. The van der Waals surface area contributed by atoms with E-state index in [1.165, 1.54) is 0 Å². The van der Waals surface area contributed by atoms with Gasteiger partial charge in [-0.25, -0.2) is 9.28 Å². The fraction of sp³-hybridized carbons (Fsp3) is 0.810. The highest BCUT2D eigenvalue weighted by Gasteiger charge is 2.27. The summed E-state index contributed by atoms with van der Waals surface area (Å²) < 4.78 is 1.68. The Labute approximate surface area is 177 Å². The molecule has 0 aliphatic heterocycles. The van der Waals surface area contributed by atoms with Crippen LogP contribution in [0, 0.1) is 0 Å². The largest absolute Gasteiger partial charge is 0.416 e. The fourth-order valence-corrected chi connectivity index (χ4v) is 3.20. The van der Waals surface area contributed by atoms with Crippen LogP contribution in [0.5, 0.6) is 0 Å². The lowest BCUT2D eigenvalue weighted by atomic mass is 10.2. The predicted molar refractivity (Wildman–Crippen MR) is 118 cm³/mol. The van der Waals surface area contributed by atoms with Crippen molar-refractivity contribution in [1.82, 2.24) is 10.6 Å². The average molecular weight is 417 g/mol. The lowest BCUT2D eigenvalue weighted by Crippen LogP contribution is -2.54. The summed E-state index contributed by atoms with van der Waals surface area (Å²) in [6.07, 6.45) is 1.22. The first kappa shape index (κ1) is 27.5. The van der Waals surface area contributed by atoms with Crippen molar-refractivity contribution in [1.29, 1.82) is 0 Å². The second kappa shape index (κ2) is 11.6. The second-order valence-electron chi connectivity index (χ2n) is 10.4. The van der Waals surface area contributed by atoms with Crippen LogP contribution < -0.4 is 10.6 Å². The smallest absolute Gasteiger partial charge is 0.382 e. The van der Waals surface area contributed by atoms with Gasteiger partial charge >= 0.3 is 6.03 Å². The zero-order valence-electron chi connectivity index (χ0n) is 20.0. The van der Waals surface area contributed by atoms with Crippen LogP contribution in [0.4, 0.5) is 4.79 Å². The number of hydrogen-bond acceptors (Lipinski definition) is 3. The molecule has 0 aliphatic carbocycles. The van der Waals surface area contributed by atoms with E-state index >= 15 is 0 Å². The summed E-state index contributed by atoms with van der Waals surface area (Å²) in [5.41, 5.74) is 0.489. The van der Waals surface area contributed by atoms with Gasteiger partial charge in [0, 0.05) is 31.5 Å². The van der Waals surface area contributed by atoms with E-state index in [4.69, 9.17) is 0 Å². The van der Waals surface area contributed by atoms with Gasteiger partial charge in [-0.1, -0.05) is 6.58 Å². The van der Waals surface area contributed by atoms with Gasteiger partial charge in [0.05, 0.1) is 62.4 Å². The number of nitrogens with zero attached hydrogens (tertiary/aromatic N) is 3. The summed E-state index contributed by atoms with van der Waals surface area (Å²) in [6, 6.07) is -0.0217. The van der Waals surface area contributed by atoms with E-state index in [2.05, 4.69) is 52.5 Å². The number of carbonyl (C=O) groups is 2. The number of quaternary nitrogens is 3. The molecule has 0 radical (unpaired) electrons. The number of amides is 3. The molecular weight excluding hydrogens is 370 g/mol. The van der Waals surface area contributed by atoms with E-state index < -0.39 is 0 Å². The molecule has 0 aliphatic rings. The fourth-order valence-electron chi connectivity index (χ4n) is 3.20. The van der Waals surface area contributed by atoms with Crippen LogP contribution in [0.15, 0.2) is 12.2 Å². The third kappa shape index (κ3) is 13.4. The van der Waals surface area contributed by atoms with Crippen molar-refractivity contribution in [2.75, 3.05) is 88.6 Å². The van der Waals surface area contributed by atoms with E-state index in [0.29, 0.717) is 38.2 Å². The molecule has 0 saturated heterocycles. The van der Waals surface area contributed by atoms with Crippen molar-refractivity contribution in [3.63, 3.8) is 0 Å². The van der Waals surface area contributed by atoms with Gasteiger partial charge in [0.1, 0.15) is 13.1 Å². The van der Waals surface area contributed by atoms with Gasteiger partial charge in [-0.15, -0.1) is 0 Å². The minimum absolute atomic E-state index is 0.0217. The monoisotopic (exact) mass is 416 g/mol. The van der Waals surface area contributed by atoms with Gasteiger partial charge < -0.3 is 24.7 Å². The number of carbonyl (C=O) groups excluding carboxylic acids is 2. The molecule has 8 nitrogen and oxygen atoms in total. The molecule has 0 aromatic heterocycles. The van der Waals surface area contributed by atoms with E-state index in [-0.39, 0.29) is 22.5 Å². The van der Waals surface area contributed by atoms with E-state index in [9.17, 15) is 14.7 Å². The molecule has 0 bridgehead atoms. The van der Waals surface area contributed by atoms with Crippen molar-refractivity contribution in [3.8, 4) is 0 Å². The summed E-state index contributed by atoms with van der Waals surface area (Å²) in [5.74, 6) is -0.146. The van der Waals surface area contributed by atoms with Gasteiger partial charge in [0.25, 0.3) is 0 Å². The molecule has 29 heavy (non-hydrogen) atoms. The van der Waals surface area contributed by atoms with Gasteiger partial charge in [0.2, 0.25) is 5.91 Å². The molecule has 3 N–H and O–H groups in total. The lowest BCUT2D eigenvalue weighted by Gasteiger charge is -2.34. The van der Waals surface area contributed by atoms with E-state index in [1.54, 1.807) is 6.92 Å².